The third kappa shape index (κ3) is 5.32. The Morgan fingerprint density at radius 1 is 0.821 bits per heavy atom. The smallest absolute Gasteiger partial charge is 0.255 e. The van der Waals surface area contributed by atoms with Gasteiger partial charge in [0.15, 0.2) is 0 Å². The van der Waals surface area contributed by atoms with Gasteiger partial charge in [-0.1, -0.05) is 55.5 Å². The van der Waals surface area contributed by atoms with E-state index in [4.69, 9.17) is 4.74 Å². The minimum Gasteiger partial charge on any atom is -0.497 e. The summed E-state index contributed by atoms with van der Waals surface area (Å²) in [5.74, 6) is 0.778. The van der Waals surface area contributed by atoms with Crippen molar-refractivity contribution in [3.63, 3.8) is 0 Å². The van der Waals surface area contributed by atoms with Crippen LogP contribution >= 0.6 is 0 Å². The van der Waals surface area contributed by atoms with Crippen molar-refractivity contribution in [3.8, 4) is 22.7 Å². The first-order valence-corrected chi connectivity index (χ1v) is 13.6. The van der Waals surface area contributed by atoms with Gasteiger partial charge in [-0.05, 0) is 66.9 Å². The molecule has 6 heteroatoms. The van der Waals surface area contributed by atoms with Gasteiger partial charge in [-0.15, -0.1) is 0 Å². The van der Waals surface area contributed by atoms with Crippen molar-refractivity contribution < 1.29 is 14.3 Å². The van der Waals surface area contributed by atoms with Gasteiger partial charge in [0.1, 0.15) is 5.75 Å². The highest BCUT2D eigenvalue weighted by Gasteiger charge is 2.31. The van der Waals surface area contributed by atoms with E-state index in [-0.39, 0.29) is 17.7 Å². The second-order valence-electron chi connectivity index (χ2n) is 9.92. The van der Waals surface area contributed by atoms with Crippen LogP contribution in [0.25, 0.3) is 16.9 Å². The molecule has 1 aliphatic heterocycles. The van der Waals surface area contributed by atoms with Crippen molar-refractivity contribution >= 4 is 11.8 Å². The van der Waals surface area contributed by atoms with E-state index in [1.165, 1.54) is 0 Å². The van der Waals surface area contributed by atoms with E-state index < -0.39 is 0 Å². The maximum Gasteiger partial charge on any atom is 0.255 e. The molecule has 3 aromatic carbocycles. The van der Waals surface area contributed by atoms with Crippen LogP contribution in [0.15, 0.2) is 91.0 Å². The number of ether oxygens (including phenoxy) is 1. The molecule has 2 amide bonds. The molecule has 0 spiro atoms. The van der Waals surface area contributed by atoms with Gasteiger partial charge in [0, 0.05) is 37.6 Å². The predicted octanol–water partition coefficient (Wildman–Crippen LogP) is 5.94. The lowest BCUT2D eigenvalue weighted by atomic mass is 9.95. The lowest BCUT2D eigenvalue weighted by molar-refractivity contribution is -0.134. The van der Waals surface area contributed by atoms with Crippen LogP contribution in [-0.4, -0.2) is 59.5 Å². The maximum absolute atomic E-state index is 13.8. The third-order valence-corrected chi connectivity index (χ3v) is 7.66. The lowest BCUT2D eigenvalue weighted by Gasteiger charge is -2.36. The highest BCUT2D eigenvalue weighted by molar-refractivity contribution is 5.97. The van der Waals surface area contributed by atoms with Gasteiger partial charge >= 0.3 is 0 Å². The Kier molecular flexibility index (Phi) is 7.82. The van der Waals surface area contributed by atoms with Gasteiger partial charge in [0.05, 0.1) is 24.3 Å². The normalized spacial score (nSPS) is 14.2. The quantitative estimate of drug-likeness (QED) is 0.303. The molecule has 200 valence electrons. The highest BCUT2D eigenvalue weighted by Crippen LogP contribution is 2.32. The van der Waals surface area contributed by atoms with E-state index >= 15 is 0 Å². The zero-order valence-electron chi connectivity index (χ0n) is 22.8. The molecule has 4 aromatic rings. The highest BCUT2D eigenvalue weighted by atomic mass is 16.5. The number of benzene rings is 3. The fourth-order valence-electron chi connectivity index (χ4n) is 5.47. The van der Waals surface area contributed by atoms with E-state index in [2.05, 4.69) is 23.6 Å². The van der Waals surface area contributed by atoms with Crippen molar-refractivity contribution in [1.29, 1.82) is 0 Å². The molecule has 0 N–H and O–H groups in total. The minimum absolute atomic E-state index is 0.000794. The largest absolute Gasteiger partial charge is 0.497 e. The first-order chi connectivity index (χ1) is 19.0. The van der Waals surface area contributed by atoms with E-state index in [9.17, 15) is 9.59 Å². The van der Waals surface area contributed by atoms with Gasteiger partial charge in [-0.2, -0.15) is 0 Å². The molecule has 0 aliphatic carbocycles. The molecule has 1 fully saturated rings. The average molecular weight is 522 g/mol. The summed E-state index contributed by atoms with van der Waals surface area (Å²) in [4.78, 5) is 31.0. The molecule has 6 nitrogen and oxygen atoms in total. The van der Waals surface area contributed by atoms with Crippen LogP contribution in [0, 0.1) is 6.92 Å². The summed E-state index contributed by atoms with van der Waals surface area (Å²) in [7, 11) is 1.65. The summed E-state index contributed by atoms with van der Waals surface area (Å²) in [5.41, 5.74) is 5.58. The molecule has 1 aromatic heterocycles. The molecule has 0 bridgehead atoms. The SMILES string of the molecule is CCC(C(=O)N1CCN(C(=O)c2cc(-c3ccc(OC)cc3)n(-c3ccccc3)c2C)CC1)c1ccccc1. The molecule has 1 atom stereocenters. The molecule has 1 unspecified atom stereocenters. The number of carbonyl (C=O) groups excluding carboxylic acids is 2. The molecular formula is C33H35N3O3. The molecular weight excluding hydrogens is 486 g/mol. The zero-order valence-corrected chi connectivity index (χ0v) is 22.8. The van der Waals surface area contributed by atoms with E-state index in [0.717, 1.165) is 40.4 Å². The van der Waals surface area contributed by atoms with Crippen LogP contribution < -0.4 is 4.74 Å². The van der Waals surface area contributed by atoms with E-state index in [1.54, 1.807) is 7.11 Å². The first-order valence-electron chi connectivity index (χ1n) is 13.6. The Balaban J connectivity index is 1.38. The van der Waals surface area contributed by atoms with Gasteiger partial charge in [0.2, 0.25) is 5.91 Å². The second-order valence-corrected chi connectivity index (χ2v) is 9.92. The number of hydrogen-bond donors (Lipinski definition) is 0. The van der Waals surface area contributed by atoms with Crippen molar-refractivity contribution in [2.45, 2.75) is 26.2 Å². The molecule has 39 heavy (non-hydrogen) atoms. The van der Waals surface area contributed by atoms with Crippen LogP contribution in [0.4, 0.5) is 0 Å². The summed E-state index contributed by atoms with van der Waals surface area (Å²) in [6.07, 6.45) is 0.752. The Labute approximate surface area is 230 Å². The number of rotatable bonds is 7. The number of piperazine rings is 1. The van der Waals surface area contributed by atoms with Crippen molar-refractivity contribution in [1.82, 2.24) is 14.4 Å². The second kappa shape index (κ2) is 11.6. The number of amides is 2. The van der Waals surface area contributed by atoms with Gasteiger partial charge in [-0.25, -0.2) is 0 Å². The number of hydrogen-bond acceptors (Lipinski definition) is 3. The summed E-state index contributed by atoms with van der Waals surface area (Å²) < 4.78 is 7.48. The van der Waals surface area contributed by atoms with Crippen molar-refractivity contribution in [2.75, 3.05) is 33.3 Å². The summed E-state index contributed by atoms with van der Waals surface area (Å²) in [5, 5.41) is 0. The molecule has 2 heterocycles. The number of para-hydroxylation sites is 1. The molecule has 1 aliphatic rings. The monoisotopic (exact) mass is 521 g/mol. The Hall–Kier alpha value is -4.32. The average Bonchev–Trinajstić information content (AvgIpc) is 3.35. The Bertz CT molecular complexity index is 1420. The number of methoxy groups -OCH3 is 1. The van der Waals surface area contributed by atoms with Crippen LogP contribution in [0.2, 0.25) is 0 Å². The van der Waals surface area contributed by atoms with Crippen LogP contribution in [0.5, 0.6) is 5.75 Å². The number of carbonyl (C=O) groups is 2. The van der Waals surface area contributed by atoms with Crippen molar-refractivity contribution in [3.05, 3.63) is 108 Å². The Morgan fingerprint density at radius 2 is 1.41 bits per heavy atom. The van der Waals surface area contributed by atoms with Gasteiger partial charge in [-0.3, -0.25) is 9.59 Å². The van der Waals surface area contributed by atoms with Gasteiger partial charge in [0.25, 0.3) is 5.91 Å². The summed E-state index contributed by atoms with van der Waals surface area (Å²) in [6.45, 7) is 6.16. The van der Waals surface area contributed by atoms with Crippen molar-refractivity contribution in [2.24, 2.45) is 0 Å². The summed E-state index contributed by atoms with van der Waals surface area (Å²) >= 11 is 0. The van der Waals surface area contributed by atoms with Crippen LogP contribution in [0.3, 0.4) is 0 Å². The van der Waals surface area contributed by atoms with E-state index in [1.807, 2.05) is 95.6 Å². The Morgan fingerprint density at radius 3 is 2.00 bits per heavy atom. The fourth-order valence-corrected chi connectivity index (χ4v) is 5.47. The number of aromatic nitrogens is 1. The topological polar surface area (TPSA) is 54.8 Å². The molecule has 5 rings (SSSR count). The minimum atomic E-state index is -0.150. The first kappa shape index (κ1) is 26.3. The van der Waals surface area contributed by atoms with Crippen LogP contribution in [-0.2, 0) is 4.79 Å². The fraction of sp³-hybridized carbons (Fsp3) is 0.273. The predicted molar refractivity (Wildman–Crippen MR) is 154 cm³/mol. The van der Waals surface area contributed by atoms with Gasteiger partial charge < -0.3 is 19.1 Å². The molecule has 0 radical (unpaired) electrons. The lowest BCUT2D eigenvalue weighted by Crippen LogP contribution is -2.51. The maximum atomic E-state index is 13.8. The molecule has 1 saturated heterocycles. The zero-order chi connectivity index (χ0) is 27.4. The summed E-state index contributed by atoms with van der Waals surface area (Å²) in [6, 6.07) is 30.0. The number of nitrogens with zero attached hydrogens (tertiary/aromatic N) is 3. The standard InChI is InChI=1S/C33H35N3O3/c1-4-29(25-11-7-5-8-12-25)32(37)34-19-21-35(22-20-34)33(38)30-23-31(26-15-17-28(39-3)18-16-26)36(24(30)2)27-13-9-6-10-14-27/h5-18,23,29H,4,19-22H2,1-3H3. The van der Waals surface area contributed by atoms with E-state index in [0.29, 0.717) is 31.7 Å². The third-order valence-electron chi connectivity index (χ3n) is 7.66. The molecule has 0 saturated carbocycles. The van der Waals surface area contributed by atoms with Crippen LogP contribution in [0.1, 0.15) is 40.9 Å².